The maximum Gasteiger partial charge on any atom is 0.0308 e. The van der Waals surface area contributed by atoms with Gasteiger partial charge in [0.25, 0.3) is 0 Å². The van der Waals surface area contributed by atoms with Crippen molar-refractivity contribution in [3.63, 3.8) is 0 Å². The fourth-order valence-corrected chi connectivity index (χ4v) is 1.28. The molecule has 1 heterocycles. The van der Waals surface area contributed by atoms with Crippen LogP contribution in [0.25, 0.3) is 0 Å². The molecule has 12 heavy (non-hydrogen) atoms. The van der Waals surface area contributed by atoms with E-state index in [9.17, 15) is 0 Å². The molecule has 0 fully saturated rings. The van der Waals surface area contributed by atoms with E-state index in [1.165, 1.54) is 11.1 Å². The Kier molecular flexibility index (Phi) is 2.48. The molecule has 0 saturated carbocycles. The molecule has 0 spiro atoms. The highest BCUT2D eigenvalue weighted by molar-refractivity contribution is 5.29. The van der Waals surface area contributed by atoms with Crippen molar-refractivity contribution in [2.24, 2.45) is 5.73 Å². The minimum atomic E-state index is 0.142. The largest absolute Gasteiger partial charge is 0.326 e. The van der Waals surface area contributed by atoms with Crippen LogP contribution in [0, 0.1) is 0 Å². The molecule has 66 valence electrons. The summed E-state index contributed by atoms with van der Waals surface area (Å²) in [7, 11) is 0. The number of rotatable bonds is 1. The lowest BCUT2D eigenvalue weighted by molar-refractivity contribution is 0.579. The van der Waals surface area contributed by atoms with E-state index in [0.29, 0.717) is 6.54 Å². The smallest absolute Gasteiger partial charge is 0.0308 e. The van der Waals surface area contributed by atoms with Crippen molar-refractivity contribution >= 4 is 0 Å². The van der Waals surface area contributed by atoms with E-state index >= 15 is 0 Å². The van der Waals surface area contributed by atoms with Crippen LogP contribution in [-0.2, 0) is 12.0 Å². The zero-order chi connectivity index (χ0) is 9.19. The predicted molar refractivity (Wildman–Crippen MR) is 50.8 cm³/mol. The number of hydrogen-bond donors (Lipinski definition) is 1. The fourth-order valence-electron chi connectivity index (χ4n) is 1.28. The molecule has 2 N–H and O–H groups in total. The lowest BCUT2D eigenvalue weighted by atomic mass is 9.85. The first kappa shape index (κ1) is 9.20. The molecule has 0 saturated heterocycles. The summed E-state index contributed by atoms with van der Waals surface area (Å²) in [5.74, 6) is 0. The van der Waals surface area contributed by atoms with Gasteiger partial charge in [0.15, 0.2) is 0 Å². The molecule has 0 amide bonds. The molecule has 0 bridgehead atoms. The molecule has 0 aromatic carbocycles. The maximum absolute atomic E-state index is 5.62. The third kappa shape index (κ3) is 1.83. The van der Waals surface area contributed by atoms with Crippen molar-refractivity contribution < 1.29 is 0 Å². The van der Waals surface area contributed by atoms with Crippen LogP contribution in [0.5, 0.6) is 0 Å². The Morgan fingerprint density at radius 3 is 2.50 bits per heavy atom. The van der Waals surface area contributed by atoms with Crippen molar-refractivity contribution in [1.82, 2.24) is 4.98 Å². The van der Waals surface area contributed by atoms with E-state index < -0.39 is 0 Å². The highest BCUT2D eigenvalue weighted by Gasteiger charge is 2.16. The first-order chi connectivity index (χ1) is 5.55. The molecule has 0 radical (unpaired) electrons. The summed E-state index contributed by atoms with van der Waals surface area (Å²) in [6.07, 6.45) is 3.69. The van der Waals surface area contributed by atoms with Crippen LogP contribution in [0.4, 0.5) is 0 Å². The SMILES string of the molecule is CC(C)(C)c1cnccc1CN. The Bertz CT molecular complexity index is 261. The highest BCUT2D eigenvalue weighted by Crippen LogP contribution is 2.24. The summed E-state index contributed by atoms with van der Waals surface area (Å²) < 4.78 is 0. The maximum atomic E-state index is 5.62. The molecular weight excluding hydrogens is 148 g/mol. The van der Waals surface area contributed by atoms with Gasteiger partial charge in [-0.25, -0.2) is 0 Å². The Morgan fingerprint density at radius 1 is 1.42 bits per heavy atom. The molecular formula is C10H16N2. The van der Waals surface area contributed by atoms with Crippen LogP contribution in [0.2, 0.25) is 0 Å². The van der Waals surface area contributed by atoms with Crippen molar-refractivity contribution in [2.75, 3.05) is 0 Å². The fraction of sp³-hybridized carbons (Fsp3) is 0.500. The van der Waals surface area contributed by atoms with Crippen LogP contribution in [0.15, 0.2) is 18.5 Å². The summed E-state index contributed by atoms with van der Waals surface area (Å²) in [4.78, 5) is 4.10. The van der Waals surface area contributed by atoms with Crippen LogP contribution in [0.1, 0.15) is 31.9 Å². The lowest BCUT2D eigenvalue weighted by Gasteiger charge is -2.21. The first-order valence-electron chi connectivity index (χ1n) is 4.19. The van der Waals surface area contributed by atoms with Gasteiger partial charge in [-0.1, -0.05) is 20.8 Å². The van der Waals surface area contributed by atoms with Gasteiger partial charge in [-0.15, -0.1) is 0 Å². The normalized spacial score (nSPS) is 11.7. The van der Waals surface area contributed by atoms with Gasteiger partial charge in [-0.3, -0.25) is 4.98 Å². The molecule has 2 heteroatoms. The van der Waals surface area contributed by atoms with E-state index in [2.05, 4.69) is 25.8 Å². The average Bonchev–Trinajstić information content (AvgIpc) is 2.03. The van der Waals surface area contributed by atoms with Crippen LogP contribution >= 0.6 is 0 Å². The Labute approximate surface area is 73.8 Å². The Hall–Kier alpha value is -0.890. The van der Waals surface area contributed by atoms with E-state index in [4.69, 9.17) is 5.73 Å². The van der Waals surface area contributed by atoms with Gasteiger partial charge in [-0.05, 0) is 22.6 Å². The van der Waals surface area contributed by atoms with Gasteiger partial charge >= 0.3 is 0 Å². The third-order valence-corrected chi connectivity index (χ3v) is 1.94. The molecule has 0 aliphatic rings. The average molecular weight is 164 g/mol. The molecule has 1 aromatic heterocycles. The van der Waals surface area contributed by atoms with Crippen molar-refractivity contribution in [1.29, 1.82) is 0 Å². The van der Waals surface area contributed by atoms with E-state index in [0.717, 1.165) is 0 Å². The summed E-state index contributed by atoms with van der Waals surface area (Å²) >= 11 is 0. The van der Waals surface area contributed by atoms with Crippen molar-refractivity contribution in [2.45, 2.75) is 32.7 Å². The van der Waals surface area contributed by atoms with Crippen LogP contribution in [-0.4, -0.2) is 4.98 Å². The number of nitrogens with zero attached hydrogens (tertiary/aromatic N) is 1. The van der Waals surface area contributed by atoms with E-state index in [-0.39, 0.29) is 5.41 Å². The van der Waals surface area contributed by atoms with Gasteiger partial charge in [0.1, 0.15) is 0 Å². The monoisotopic (exact) mass is 164 g/mol. The van der Waals surface area contributed by atoms with Gasteiger partial charge in [-0.2, -0.15) is 0 Å². The lowest BCUT2D eigenvalue weighted by Crippen LogP contribution is -2.16. The molecule has 1 rings (SSSR count). The summed E-state index contributed by atoms with van der Waals surface area (Å²) in [6, 6.07) is 1.99. The molecule has 1 aromatic rings. The minimum absolute atomic E-state index is 0.142. The zero-order valence-electron chi connectivity index (χ0n) is 7.96. The molecule has 2 nitrogen and oxygen atoms in total. The van der Waals surface area contributed by atoms with Crippen molar-refractivity contribution in [3.05, 3.63) is 29.6 Å². The second-order valence-corrected chi connectivity index (χ2v) is 3.99. The highest BCUT2D eigenvalue weighted by atomic mass is 14.6. The topological polar surface area (TPSA) is 38.9 Å². The van der Waals surface area contributed by atoms with Gasteiger partial charge in [0, 0.05) is 18.9 Å². The molecule has 0 aliphatic heterocycles. The number of hydrogen-bond acceptors (Lipinski definition) is 2. The summed E-state index contributed by atoms with van der Waals surface area (Å²) in [5, 5.41) is 0. The zero-order valence-corrected chi connectivity index (χ0v) is 7.96. The van der Waals surface area contributed by atoms with Gasteiger partial charge in [0.05, 0.1) is 0 Å². The molecule has 0 unspecified atom stereocenters. The Balaban J connectivity index is 3.14. The third-order valence-electron chi connectivity index (χ3n) is 1.94. The van der Waals surface area contributed by atoms with E-state index in [1.807, 2.05) is 12.3 Å². The first-order valence-corrected chi connectivity index (χ1v) is 4.19. The molecule has 0 atom stereocenters. The summed E-state index contributed by atoms with van der Waals surface area (Å²) in [5.41, 5.74) is 8.20. The summed E-state index contributed by atoms with van der Waals surface area (Å²) in [6.45, 7) is 7.10. The standard InChI is InChI=1S/C10H16N2/c1-10(2,3)9-7-12-5-4-8(9)6-11/h4-5,7H,6,11H2,1-3H3. The Morgan fingerprint density at radius 2 is 2.08 bits per heavy atom. The number of nitrogens with two attached hydrogens (primary N) is 1. The number of pyridine rings is 1. The second kappa shape index (κ2) is 3.23. The van der Waals surface area contributed by atoms with Gasteiger partial charge < -0.3 is 5.73 Å². The molecule has 0 aliphatic carbocycles. The minimum Gasteiger partial charge on any atom is -0.326 e. The second-order valence-electron chi connectivity index (χ2n) is 3.99. The van der Waals surface area contributed by atoms with Crippen LogP contribution in [0.3, 0.4) is 0 Å². The van der Waals surface area contributed by atoms with Gasteiger partial charge in [0.2, 0.25) is 0 Å². The van der Waals surface area contributed by atoms with Crippen molar-refractivity contribution in [3.8, 4) is 0 Å². The number of aromatic nitrogens is 1. The predicted octanol–water partition coefficient (Wildman–Crippen LogP) is 1.84. The van der Waals surface area contributed by atoms with Crippen LogP contribution < -0.4 is 5.73 Å². The van der Waals surface area contributed by atoms with E-state index in [1.54, 1.807) is 6.20 Å². The quantitative estimate of drug-likeness (QED) is 0.687.